The lowest BCUT2D eigenvalue weighted by atomic mass is 10.0. The molecule has 8 nitrogen and oxygen atoms in total. The maximum atomic E-state index is 11.7. The minimum absolute atomic E-state index is 0.0953. The van der Waals surface area contributed by atoms with Crippen LogP contribution in [0.5, 0.6) is 0 Å². The average Bonchev–Trinajstić information content (AvgIpc) is 2.96. The van der Waals surface area contributed by atoms with Gasteiger partial charge in [0, 0.05) is 39.6 Å². The van der Waals surface area contributed by atoms with Gasteiger partial charge in [0.1, 0.15) is 12.1 Å². The Morgan fingerprint density at radius 1 is 1.48 bits per heavy atom. The summed E-state index contributed by atoms with van der Waals surface area (Å²) in [7, 11) is 1.57. The first-order valence-electron chi connectivity index (χ1n) is 7.04. The van der Waals surface area contributed by atoms with Crippen LogP contribution in [0.2, 0.25) is 0 Å². The number of likely N-dealkylation sites (N-methyl/N-ethyl adjacent to an activating group) is 1. The summed E-state index contributed by atoms with van der Waals surface area (Å²) < 4.78 is 5.09. The molecule has 0 aromatic heterocycles. The van der Waals surface area contributed by atoms with Gasteiger partial charge in [0.25, 0.3) is 0 Å². The Balaban J connectivity index is 1.65. The zero-order valence-electron chi connectivity index (χ0n) is 12.1. The molecule has 2 N–H and O–H groups in total. The Kier molecular flexibility index (Phi) is 4.79. The summed E-state index contributed by atoms with van der Waals surface area (Å²) in [6.07, 6.45) is 1.13. The fourth-order valence-electron chi connectivity index (χ4n) is 2.37. The summed E-state index contributed by atoms with van der Waals surface area (Å²) in [6, 6.07) is -0.321. The fourth-order valence-corrected chi connectivity index (χ4v) is 2.37. The second-order valence-electron chi connectivity index (χ2n) is 5.59. The Morgan fingerprint density at radius 2 is 2.24 bits per heavy atom. The number of amides is 4. The van der Waals surface area contributed by atoms with Gasteiger partial charge in [-0.2, -0.15) is 0 Å². The summed E-state index contributed by atoms with van der Waals surface area (Å²) >= 11 is 0. The van der Waals surface area contributed by atoms with Crippen molar-refractivity contribution >= 4 is 17.8 Å². The molecule has 2 saturated heterocycles. The van der Waals surface area contributed by atoms with E-state index in [1.54, 1.807) is 7.05 Å². The summed E-state index contributed by atoms with van der Waals surface area (Å²) in [5, 5.41) is 12.6. The second-order valence-corrected chi connectivity index (χ2v) is 5.59. The Hall–Kier alpha value is -1.67. The van der Waals surface area contributed by atoms with Crippen molar-refractivity contribution in [3.8, 4) is 0 Å². The molecule has 0 spiro atoms. The quantitative estimate of drug-likeness (QED) is 0.608. The second kappa shape index (κ2) is 6.40. The van der Waals surface area contributed by atoms with Gasteiger partial charge in [-0.3, -0.25) is 14.5 Å². The third-order valence-corrected chi connectivity index (χ3v) is 3.71. The lowest BCUT2D eigenvalue weighted by Crippen LogP contribution is -2.43. The van der Waals surface area contributed by atoms with Crippen LogP contribution in [-0.4, -0.2) is 78.2 Å². The highest BCUT2D eigenvalue weighted by molar-refractivity contribution is 6.01. The standard InChI is InChI=1S/C13H21N3O5/c1-15-7-11(18)16(12(15)19)5-2-3-10(17)14-8-13(20)4-6-21-9-13/h20H,2-9H2,1H3,(H,14,17). The van der Waals surface area contributed by atoms with E-state index in [0.717, 1.165) is 4.90 Å². The zero-order chi connectivity index (χ0) is 15.5. The van der Waals surface area contributed by atoms with Crippen molar-refractivity contribution in [3.63, 3.8) is 0 Å². The Bertz CT molecular complexity index is 434. The highest BCUT2D eigenvalue weighted by Crippen LogP contribution is 2.17. The fraction of sp³-hybridized carbons (Fsp3) is 0.769. The van der Waals surface area contributed by atoms with Crippen molar-refractivity contribution in [2.24, 2.45) is 0 Å². The van der Waals surface area contributed by atoms with Crippen molar-refractivity contribution in [2.75, 3.05) is 39.9 Å². The van der Waals surface area contributed by atoms with Gasteiger partial charge in [-0.25, -0.2) is 4.79 Å². The van der Waals surface area contributed by atoms with E-state index >= 15 is 0 Å². The molecular formula is C13H21N3O5. The van der Waals surface area contributed by atoms with Crippen LogP contribution in [0.15, 0.2) is 0 Å². The number of hydrogen-bond acceptors (Lipinski definition) is 5. The molecule has 1 atom stereocenters. The third kappa shape index (κ3) is 3.92. The molecular weight excluding hydrogens is 278 g/mol. The zero-order valence-corrected chi connectivity index (χ0v) is 12.1. The van der Waals surface area contributed by atoms with Crippen LogP contribution in [0.4, 0.5) is 4.79 Å². The molecule has 0 aromatic rings. The molecule has 2 rings (SSSR count). The molecule has 4 amide bonds. The smallest absolute Gasteiger partial charge is 0.326 e. The molecule has 1 unspecified atom stereocenters. The van der Waals surface area contributed by atoms with E-state index < -0.39 is 5.60 Å². The molecule has 0 radical (unpaired) electrons. The first kappa shape index (κ1) is 15.7. The average molecular weight is 299 g/mol. The number of ether oxygens (including phenoxy) is 1. The summed E-state index contributed by atoms with van der Waals surface area (Å²) in [5.74, 6) is -0.442. The van der Waals surface area contributed by atoms with E-state index in [4.69, 9.17) is 4.74 Å². The van der Waals surface area contributed by atoms with E-state index in [1.807, 2.05) is 0 Å². The van der Waals surface area contributed by atoms with Crippen LogP contribution in [0.3, 0.4) is 0 Å². The first-order valence-corrected chi connectivity index (χ1v) is 7.04. The van der Waals surface area contributed by atoms with Crippen molar-refractivity contribution in [3.05, 3.63) is 0 Å². The van der Waals surface area contributed by atoms with E-state index in [-0.39, 0.29) is 50.5 Å². The van der Waals surface area contributed by atoms with E-state index in [0.29, 0.717) is 19.4 Å². The molecule has 0 aromatic carbocycles. The van der Waals surface area contributed by atoms with Gasteiger partial charge < -0.3 is 20.1 Å². The molecule has 0 saturated carbocycles. The minimum Gasteiger partial charge on any atom is -0.386 e. The summed E-state index contributed by atoms with van der Waals surface area (Å²) in [6.45, 7) is 1.23. The van der Waals surface area contributed by atoms with Gasteiger partial charge in [-0.1, -0.05) is 0 Å². The van der Waals surface area contributed by atoms with Gasteiger partial charge in [0.05, 0.1) is 6.61 Å². The highest BCUT2D eigenvalue weighted by Gasteiger charge is 2.34. The number of nitrogens with one attached hydrogen (secondary N) is 1. The summed E-state index contributed by atoms with van der Waals surface area (Å²) in [4.78, 5) is 37.3. The number of rotatable bonds is 6. The monoisotopic (exact) mass is 299 g/mol. The number of imide groups is 1. The van der Waals surface area contributed by atoms with Crippen LogP contribution < -0.4 is 5.32 Å². The largest absolute Gasteiger partial charge is 0.386 e. The maximum absolute atomic E-state index is 11.7. The SMILES string of the molecule is CN1CC(=O)N(CCCC(=O)NCC2(O)CCOC2)C1=O. The van der Waals surface area contributed by atoms with Crippen LogP contribution in [0.25, 0.3) is 0 Å². The normalized spacial score (nSPS) is 25.8. The Labute approximate surface area is 123 Å². The predicted molar refractivity (Wildman–Crippen MR) is 72.4 cm³/mol. The van der Waals surface area contributed by atoms with Gasteiger partial charge in [-0.05, 0) is 6.42 Å². The number of hydrogen-bond donors (Lipinski definition) is 2. The number of carbonyl (C=O) groups excluding carboxylic acids is 3. The predicted octanol–water partition coefficient (Wildman–Crippen LogP) is -1.07. The van der Waals surface area contributed by atoms with Crippen LogP contribution in [0.1, 0.15) is 19.3 Å². The molecule has 2 aliphatic rings. The van der Waals surface area contributed by atoms with Crippen LogP contribution >= 0.6 is 0 Å². The molecule has 21 heavy (non-hydrogen) atoms. The lowest BCUT2D eigenvalue weighted by molar-refractivity contribution is -0.126. The van der Waals surface area contributed by atoms with Crippen LogP contribution in [-0.2, 0) is 14.3 Å². The Morgan fingerprint density at radius 3 is 2.81 bits per heavy atom. The number of aliphatic hydroxyl groups is 1. The maximum Gasteiger partial charge on any atom is 0.326 e. The van der Waals surface area contributed by atoms with Gasteiger partial charge in [-0.15, -0.1) is 0 Å². The van der Waals surface area contributed by atoms with Crippen molar-refractivity contribution < 1.29 is 24.2 Å². The highest BCUT2D eigenvalue weighted by atomic mass is 16.5. The van der Waals surface area contributed by atoms with E-state index in [2.05, 4.69) is 5.32 Å². The molecule has 8 heteroatoms. The number of urea groups is 1. The third-order valence-electron chi connectivity index (χ3n) is 3.71. The molecule has 0 bridgehead atoms. The van der Waals surface area contributed by atoms with Crippen molar-refractivity contribution in [2.45, 2.75) is 24.9 Å². The topological polar surface area (TPSA) is 99.2 Å². The van der Waals surface area contributed by atoms with Crippen molar-refractivity contribution in [1.29, 1.82) is 0 Å². The van der Waals surface area contributed by atoms with Crippen molar-refractivity contribution in [1.82, 2.24) is 15.1 Å². The molecule has 0 aliphatic carbocycles. The van der Waals surface area contributed by atoms with E-state index in [9.17, 15) is 19.5 Å². The first-order chi connectivity index (χ1) is 9.91. The van der Waals surface area contributed by atoms with Crippen LogP contribution in [0, 0.1) is 0 Å². The molecule has 118 valence electrons. The van der Waals surface area contributed by atoms with Gasteiger partial charge in [0.2, 0.25) is 11.8 Å². The number of carbonyl (C=O) groups is 3. The lowest BCUT2D eigenvalue weighted by Gasteiger charge is -2.20. The minimum atomic E-state index is -0.973. The van der Waals surface area contributed by atoms with Gasteiger partial charge in [0.15, 0.2) is 0 Å². The number of nitrogens with zero attached hydrogens (tertiary/aromatic N) is 2. The van der Waals surface area contributed by atoms with Gasteiger partial charge >= 0.3 is 6.03 Å². The molecule has 2 fully saturated rings. The molecule has 2 heterocycles. The molecule has 2 aliphatic heterocycles. The summed E-state index contributed by atoms with van der Waals surface area (Å²) in [5.41, 5.74) is -0.973. The van der Waals surface area contributed by atoms with E-state index in [1.165, 1.54) is 4.90 Å².